The van der Waals surface area contributed by atoms with Gasteiger partial charge < -0.3 is 10.2 Å². The lowest BCUT2D eigenvalue weighted by Crippen LogP contribution is -2.38. The normalized spacial score (nSPS) is 12.3. The minimum Gasteiger partial charge on any atom is -0.382 e. The molecule has 1 aliphatic heterocycles. The number of anilines is 2. The van der Waals surface area contributed by atoms with E-state index in [0.717, 1.165) is 45.0 Å². The van der Waals surface area contributed by atoms with E-state index in [-0.39, 0.29) is 5.91 Å². The van der Waals surface area contributed by atoms with Crippen molar-refractivity contribution in [2.45, 2.75) is 0 Å². The third kappa shape index (κ3) is 4.61. The second kappa shape index (κ2) is 10.00. The molecule has 0 fully saturated rings. The van der Waals surface area contributed by atoms with Crippen LogP contribution in [0.15, 0.2) is 109 Å². The standard InChI is InChI=1S/C19H16N2O.C11H7ClO/c22-19(16-9-5-7-14-6-1-2-8-15(14)16)21-13-12-20-17-10-3-4-11-18(17)21;12-11(13)10-7-3-5-8-4-1-2-6-9(8)10/h1-11,20H,12-13H2;1-7H. The van der Waals surface area contributed by atoms with Gasteiger partial charge in [-0.25, -0.2) is 0 Å². The Bertz CT molecular complexity index is 1540. The molecule has 5 aromatic carbocycles. The number of carbonyl (C=O) groups is 2. The third-order valence-electron chi connectivity index (χ3n) is 6.11. The molecule has 0 aliphatic carbocycles. The summed E-state index contributed by atoms with van der Waals surface area (Å²) in [5, 5.41) is 6.98. The van der Waals surface area contributed by atoms with Crippen LogP contribution in [0.5, 0.6) is 0 Å². The minimum absolute atomic E-state index is 0.0609. The summed E-state index contributed by atoms with van der Waals surface area (Å²) >= 11 is 5.44. The molecule has 0 saturated heterocycles. The number of rotatable bonds is 2. The predicted octanol–water partition coefficient (Wildman–Crippen LogP) is 7.13. The summed E-state index contributed by atoms with van der Waals surface area (Å²) in [6.45, 7) is 1.45. The Labute approximate surface area is 208 Å². The Morgan fingerprint density at radius 3 is 1.89 bits per heavy atom. The zero-order valence-electron chi connectivity index (χ0n) is 18.9. The second-order valence-corrected chi connectivity index (χ2v) is 8.57. The van der Waals surface area contributed by atoms with E-state index < -0.39 is 5.24 Å². The lowest BCUT2D eigenvalue weighted by atomic mass is 10.0. The van der Waals surface area contributed by atoms with Crippen LogP contribution in [0.25, 0.3) is 21.5 Å². The maximum atomic E-state index is 13.1. The van der Waals surface area contributed by atoms with Crippen LogP contribution in [0.3, 0.4) is 0 Å². The number of para-hydroxylation sites is 2. The number of halogens is 1. The van der Waals surface area contributed by atoms with Gasteiger partial charge in [0.25, 0.3) is 11.1 Å². The monoisotopic (exact) mass is 478 g/mol. The minimum atomic E-state index is -0.406. The van der Waals surface area contributed by atoms with Gasteiger partial charge >= 0.3 is 0 Å². The molecule has 1 amide bonds. The van der Waals surface area contributed by atoms with Gasteiger partial charge in [-0.1, -0.05) is 84.9 Å². The van der Waals surface area contributed by atoms with E-state index in [0.29, 0.717) is 12.1 Å². The molecule has 35 heavy (non-hydrogen) atoms. The predicted molar refractivity (Wildman–Crippen MR) is 145 cm³/mol. The van der Waals surface area contributed by atoms with Gasteiger partial charge in [0.15, 0.2) is 0 Å². The van der Waals surface area contributed by atoms with E-state index in [4.69, 9.17) is 11.6 Å². The maximum absolute atomic E-state index is 13.1. The Morgan fingerprint density at radius 1 is 0.657 bits per heavy atom. The van der Waals surface area contributed by atoms with Crippen molar-refractivity contribution >= 4 is 55.7 Å². The molecule has 5 aromatic rings. The van der Waals surface area contributed by atoms with E-state index in [1.54, 1.807) is 6.07 Å². The molecule has 0 radical (unpaired) electrons. The highest BCUT2D eigenvalue weighted by Gasteiger charge is 2.24. The Kier molecular flexibility index (Phi) is 6.47. The fourth-order valence-corrected chi connectivity index (χ4v) is 4.61. The van der Waals surface area contributed by atoms with Crippen molar-refractivity contribution in [3.8, 4) is 0 Å². The van der Waals surface area contributed by atoms with E-state index in [1.165, 1.54) is 0 Å². The molecule has 5 heteroatoms. The highest BCUT2D eigenvalue weighted by atomic mass is 35.5. The van der Waals surface area contributed by atoms with Crippen molar-refractivity contribution in [3.05, 3.63) is 120 Å². The molecule has 1 heterocycles. The fraction of sp³-hybridized carbons (Fsp3) is 0.0667. The first-order valence-corrected chi connectivity index (χ1v) is 11.8. The average molecular weight is 479 g/mol. The molecule has 172 valence electrons. The molecule has 0 aromatic heterocycles. The van der Waals surface area contributed by atoms with Crippen LogP contribution >= 0.6 is 11.6 Å². The quantitative estimate of drug-likeness (QED) is 0.274. The number of nitrogens with one attached hydrogen (secondary N) is 1. The number of nitrogens with zero attached hydrogens (tertiary/aromatic N) is 1. The highest BCUT2D eigenvalue weighted by molar-refractivity contribution is 6.68. The van der Waals surface area contributed by atoms with E-state index in [9.17, 15) is 9.59 Å². The molecule has 6 rings (SSSR count). The maximum Gasteiger partial charge on any atom is 0.259 e. The Hall–Kier alpha value is -4.15. The van der Waals surface area contributed by atoms with Gasteiger partial charge in [-0.3, -0.25) is 9.59 Å². The summed E-state index contributed by atoms with van der Waals surface area (Å²) in [7, 11) is 0. The van der Waals surface area contributed by atoms with Gasteiger partial charge in [0.05, 0.1) is 11.4 Å². The van der Waals surface area contributed by atoms with Crippen LogP contribution in [0.2, 0.25) is 0 Å². The number of hydrogen-bond acceptors (Lipinski definition) is 3. The number of carbonyl (C=O) groups excluding carboxylic acids is 2. The summed E-state index contributed by atoms with van der Waals surface area (Å²) in [5.74, 6) is 0.0609. The van der Waals surface area contributed by atoms with Crippen molar-refractivity contribution in [2.24, 2.45) is 0 Å². The van der Waals surface area contributed by atoms with Gasteiger partial charge in [-0.05, 0) is 57.4 Å². The molecular weight excluding hydrogens is 456 g/mol. The molecule has 4 nitrogen and oxygen atoms in total. The molecular formula is C30H23ClN2O2. The lowest BCUT2D eigenvalue weighted by molar-refractivity contribution is 0.0988. The molecule has 1 N–H and O–H groups in total. The van der Waals surface area contributed by atoms with Gasteiger partial charge in [0, 0.05) is 24.2 Å². The number of amides is 1. The molecule has 0 unspecified atom stereocenters. The van der Waals surface area contributed by atoms with E-state index in [1.807, 2.05) is 108 Å². The van der Waals surface area contributed by atoms with Crippen molar-refractivity contribution in [2.75, 3.05) is 23.3 Å². The van der Waals surface area contributed by atoms with Gasteiger partial charge in [0.2, 0.25) is 0 Å². The molecule has 0 atom stereocenters. The first-order valence-electron chi connectivity index (χ1n) is 11.4. The largest absolute Gasteiger partial charge is 0.382 e. The summed E-state index contributed by atoms with van der Waals surface area (Å²) < 4.78 is 0. The highest BCUT2D eigenvalue weighted by Crippen LogP contribution is 2.31. The molecule has 0 bridgehead atoms. The second-order valence-electron chi connectivity index (χ2n) is 8.23. The lowest BCUT2D eigenvalue weighted by Gasteiger charge is -2.30. The summed E-state index contributed by atoms with van der Waals surface area (Å²) in [6.07, 6.45) is 0. The number of hydrogen-bond donors (Lipinski definition) is 1. The summed E-state index contributed by atoms with van der Waals surface area (Å²) in [5.41, 5.74) is 3.29. The van der Waals surface area contributed by atoms with Crippen LogP contribution in [-0.4, -0.2) is 24.2 Å². The average Bonchev–Trinajstić information content (AvgIpc) is 2.92. The van der Waals surface area contributed by atoms with Crippen molar-refractivity contribution in [1.29, 1.82) is 0 Å². The van der Waals surface area contributed by atoms with Crippen LogP contribution in [0, 0.1) is 0 Å². The first-order chi connectivity index (χ1) is 17.1. The first kappa shape index (κ1) is 22.6. The Balaban J connectivity index is 0.000000166. The van der Waals surface area contributed by atoms with Crippen LogP contribution < -0.4 is 10.2 Å². The molecule has 0 spiro atoms. The van der Waals surface area contributed by atoms with E-state index >= 15 is 0 Å². The van der Waals surface area contributed by atoms with Gasteiger partial charge in [-0.2, -0.15) is 0 Å². The third-order valence-corrected chi connectivity index (χ3v) is 6.32. The van der Waals surface area contributed by atoms with Gasteiger partial charge in [0.1, 0.15) is 0 Å². The van der Waals surface area contributed by atoms with Crippen molar-refractivity contribution < 1.29 is 9.59 Å². The van der Waals surface area contributed by atoms with Crippen molar-refractivity contribution in [1.82, 2.24) is 0 Å². The van der Waals surface area contributed by atoms with Crippen LogP contribution in [0.1, 0.15) is 20.7 Å². The van der Waals surface area contributed by atoms with Crippen LogP contribution in [0.4, 0.5) is 11.4 Å². The van der Waals surface area contributed by atoms with Crippen LogP contribution in [-0.2, 0) is 0 Å². The van der Waals surface area contributed by atoms with Crippen molar-refractivity contribution in [3.63, 3.8) is 0 Å². The SMILES string of the molecule is O=C(Cl)c1cccc2ccccc12.O=C(c1cccc2ccccc12)N1CCNc2ccccc21. The van der Waals surface area contributed by atoms with Gasteiger partial charge in [-0.15, -0.1) is 0 Å². The summed E-state index contributed by atoms with van der Waals surface area (Å²) in [6, 6.07) is 35.1. The number of benzene rings is 5. The molecule has 1 aliphatic rings. The smallest absolute Gasteiger partial charge is 0.259 e. The molecule has 0 saturated carbocycles. The fourth-order valence-electron chi connectivity index (χ4n) is 4.45. The van der Waals surface area contributed by atoms with E-state index in [2.05, 4.69) is 5.32 Å². The topological polar surface area (TPSA) is 49.4 Å². The Morgan fingerprint density at radius 2 is 1.20 bits per heavy atom. The number of fused-ring (bicyclic) bond motifs is 3. The summed E-state index contributed by atoms with van der Waals surface area (Å²) in [4.78, 5) is 26.0. The zero-order chi connectivity index (χ0) is 24.2. The zero-order valence-corrected chi connectivity index (χ0v) is 19.7.